The summed E-state index contributed by atoms with van der Waals surface area (Å²) in [5.41, 5.74) is -0.468. The molecule has 1 aliphatic carbocycles. The number of carbonyl (C=O) groups excluding carboxylic acids is 2. The maximum absolute atomic E-state index is 11.8. The lowest BCUT2D eigenvalue weighted by Gasteiger charge is -2.25. The first kappa shape index (κ1) is 13.2. The van der Waals surface area contributed by atoms with E-state index in [0.29, 0.717) is 19.7 Å². The molecule has 18 heavy (non-hydrogen) atoms. The van der Waals surface area contributed by atoms with Crippen LogP contribution in [0.3, 0.4) is 0 Å². The maximum Gasteiger partial charge on any atom is 0.410 e. The summed E-state index contributed by atoms with van der Waals surface area (Å²) in [6, 6.07) is 0. The van der Waals surface area contributed by atoms with Gasteiger partial charge in [0.1, 0.15) is 5.60 Å². The van der Waals surface area contributed by atoms with Crippen LogP contribution in [-0.4, -0.2) is 42.3 Å². The summed E-state index contributed by atoms with van der Waals surface area (Å²) in [6.45, 7) is 9.01. The Hall–Kier alpha value is -1.26. The Morgan fingerprint density at radius 1 is 1.22 bits per heavy atom. The third kappa shape index (κ3) is 2.60. The van der Waals surface area contributed by atoms with Gasteiger partial charge in [-0.1, -0.05) is 0 Å². The van der Waals surface area contributed by atoms with Crippen LogP contribution in [0.5, 0.6) is 0 Å². The van der Waals surface area contributed by atoms with Gasteiger partial charge in [0.05, 0.1) is 12.5 Å². The molecule has 0 aromatic rings. The molecule has 1 heterocycles. The Kier molecular flexibility index (Phi) is 3.25. The number of rotatable bonds is 2. The predicted octanol–water partition coefficient (Wildman–Crippen LogP) is 1.66. The molecule has 2 rings (SSSR count). The summed E-state index contributed by atoms with van der Waals surface area (Å²) in [7, 11) is 0. The molecule has 0 spiro atoms. The normalized spacial score (nSPS) is 29.8. The lowest BCUT2D eigenvalue weighted by atomic mass is 10.2. The van der Waals surface area contributed by atoms with Crippen molar-refractivity contribution in [3.05, 3.63) is 0 Å². The molecule has 2 aliphatic rings. The minimum atomic E-state index is -0.468. The third-order valence-corrected chi connectivity index (χ3v) is 3.40. The van der Waals surface area contributed by atoms with Crippen molar-refractivity contribution in [2.45, 2.75) is 33.3 Å². The van der Waals surface area contributed by atoms with Gasteiger partial charge in [-0.15, -0.1) is 0 Å². The van der Waals surface area contributed by atoms with Gasteiger partial charge < -0.3 is 14.4 Å². The molecule has 0 aromatic carbocycles. The number of amides is 1. The van der Waals surface area contributed by atoms with Crippen LogP contribution in [0.25, 0.3) is 0 Å². The fourth-order valence-electron chi connectivity index (χ4n) is 2.59. The minimum absolute atomic E-state index is 0.00337. The second kappa shape index (κ2) is 4.44. The summed E-state index contributed by atoms with van der Waals surface area (Å²) >= 11 is 0. The van der Waals surface area contributed by atoms with E-state index in [-0.39, 0.29) is 29.8 Å². The Labute approximate surface area is 107 Å². The molecule has 5 nitrogen and oxygen atoms in total. The smallest absolute Gasteiger partial charge is 0.410 e. The molecule has 0 unspecified atom stereocenters. The van der Waals surface area contributed by atoms with Crippen LogP contribution in [0, 0.1) is 17.8 Å². The van der Waals surface area contributed by atoms with Crippen molar-refractivity contribution >= 4 is 12.1 Å². The number of likely N-dealkylation sites (tertiary alicyclic amines) is 1. The Morgan fingerprint density at radius 3 is 2.22 bits per heavy atom. The first-order valence-corrected chi connectivity index (χ1v) is 6.48. The van der Waals surface area contributed by atoms with Gasteiger partial charge >= 0.3 is 12.1 Å². The average Bonchev–Trinajstić information content (AvgIpc) is 2.72. The first-order chi connectivity index (χ1) is 8.33. The number of carbonyl (C=O) groups is 2. The first-order valence-electron chi connectivity index (χ1n) is 6.48. The SMILES string of the molecule is CCOC(=O)C1[C@H]2CN(C(=O)OC(C)(C)C)C[C@H]12. The second-order valence-electron chi connectivity index (χ2n) is 5.99. The van der Waals surface area contributed by atoms with E-state index < -0.39 is 5.60 Å². The van der Waals surface area contributed by atoms with E-state index in [4.69, 9.17) is 9.47 Å². The summed E-state index contributed by atoms with van der Waals surface area (Å²) in [5.74, 6) is 0.438. The highest BCUT2D eigenvalue weighted by Gasteiger charge is 2.61. The highest BCUT2D eigenvalue weighted by Crippen LogP contribution is 2.52. The van der Waals surface area contributed by atoms with Gasteiger partial charge in [0.15, 0.2) is 0 Å². The molecule has 2 fully saturated rings. The van der Waals surface area contributed by atoms with Gasteiger partial charge in [-0.05, 0) is 39.5 Å². The topological polar surface area (TPSA) is 55.8 Å². The van der Waals surface area contributed by atoms with E-state index >= 15 is 0 Å². The molecule has 1 amide bonds. The van der Waals surface area contributed by atoms with Crippen molar-refractivity contribution in [2.75, 3.05) is 19.7 Å². The molecule has 1 saturated carbocycles. The summed E-state index contributed by atoms with van der Waals surface area (Å²) in [6.07, 6.45) is -0.280. The van der Waals surface area contributed by atoms with Crippen LogP contribution in [0.4, 0.5) is 4.79 Å². The van der Waals surface area contributed by atoms with E-state index in [1.165, 1.54) is 0 Å². The van der Waals surface area contributed by atoms with Gasteiger partial charge in [-0.2, -0.15) is 0 Å². The highest BCUT2D eigenvalue weighted by atomic mass is 16.6. The van der Waals surface area contributed by atoms with Crippen molar-refractivity contribution in [1.82, 2.24) is 4.90 Å². The summed E-state index contributed by atoms with van der Waals surface area (Å²) in [5, 5.41) is 0. The molecule has 0 radical (unpaired) electrons. The Balaban J connectivity index is 1.81. The van der Waals surface area contributed by atoms with Gasteiger partial charge in [0.2, 0.25) is 0 Å². The molecular formula is C13H21NO4. The van der Waals surface area contributed by atoms with Crippen LogP contribution >= 0.6 is 0 Å². The van der Waals surface area contributed by atoms with Gasteiger partial charge in [-0.3, -0.25) is 4.79 Å². The molecule has 1 saturated heterocycles. The molecule has 0 N–H and O–H groups in total. The van der Waals surface area contributed by atoms with Crippen LogP contribution in [0.15, 0.2) is 0 Å². The average molecular weight is 255 g/mol. The molecular weight excluding hydrogens is 234 g/mol. The number of nitrogens with zero attached hydrogens (tertiary/aromatic N) is 1. The lowest BCUT2D eigenvalue weighted by molar-refractivity contribution is -0.145. The number of fused-ring (bicyclic) bond motifs is 1. The fraction of sp³-hybridized carbons (Fsp3) is 0.846. The zero-order chi connectivity index (χ0) is 13.5. The standard InChI is InChI=1S/C13H21NO4/c1-5-17-11(15)10-8-6-14(7-9(8)10)12(16)18-13(2,3)4/h8-10H,5-7H2,1-4H3/t8-,9-/m0/s1. The maximum atomic E-state index is 11.8. The molecule has 0 aromatic heterocycles. The molecule has 0 bridgehead atoms. The number of esters is 1. The van der Waals surface area contributed by atoms with Crippen molar-refractivity contribution < 1.29 is 19.1 Å². The van der Waals surface area contributed by atoms with E-state index in [0.717, 1.165) is 0 Å². The second-order valence-corrected chi connectivity index (χ2v) is 5.99. The molecule has 2 atom stereocenters. The number of ether oxygens (including phenoxy) is 2. The predicted molar refractivity (Wildman–Crippen MR) is 64.9 cm³/mol. The van der Waals surface area contributed by atoms with Gasteiger partial charge in [-0.25, -0.2) is 4.79 Å². The lowest BCUT2D eigenvalue weighted by Crippen LogP contribution is -2.37. The van der Waals surface area contributed by atoms with E-state index in [2.05, 4.69) is 0 Å². The number of hydrogen-bond acceptors (Lipinski definition) is 4. The van der Waals surface area contributed by atoms with E-state index in [1.807, 2.05) is 27.7 Å². The fourth-order valence-corrected chi connectivity index (χ4v) is 2.59. The van der Waals surface area contributed by atoms with Crippen LogP contribution in [0.2, 0.25) is 0 Å². The zero-order valence-electron chi connectivity index (χ0n) is 11.4. The Bertz CT molecular complexity index is 348. The highest BCUT2D eigenvalue weighted by molar-refractivity contribution is 5.78. The molecule has 102 valence electrons. The van der Waals surface area contributed by atoms with Crippen LogP contribution < -0.4 is 0 Å². The zero-order valence-corrected chi connectivity index (χ0v) is 11.4. The summed E-state index contributed by atoms with van der Waals surface area (Å²) in [4.78, 5) is 25.1. The Morgan fingerprint density at radius 2 is 1.78 bits per heavy atom. The summed E-state index contributed by atoms with van der Waals surface area (Å²) < 4.78 is 10.3. The number of hydrogen-bond donors (Lipinski definition) is 0. The van der Waals surface area contributed by atoms with E-state index in [9.17, 15) is 9.59 Å². The van der Waals surface area contributed by atoms with Gasteiger partial charge in [0, 0.05) is 13.1 Å². The van der Waals surface area contributed by atoms with Crippen LogP contribution in [0.1, 0.15) is 27.7 Å². The van der Waals surface area contributed by atoms with Crippen LogP contribution in [-0.2, 0) is 14.3 Å². The van der Waals surface area contributed by atoms with Crippen molar-refractivity contribution in [3.8, 4) is 0 Å². The monoisotopic (exact) mass is 255 g/mol. The van der Waals surface area contributed by atoms with Crippen molar-refractivity contribution in [2.24, 2.45) is 17.8 Å². The third-order valence-electron chi connectivity index (χ3n) is 3.40. The van der Waals surface area contributed by atoms with E-state index in [1.54, 1.807) is 4.90 Å². The van der Waals surface area contributed by atoms with Gasteiger partial charge in [0.25, 0.3) is 0 Å². The molecule has 1 aliphatic heterocycles. The van der Waals surface area contributed by atoms with Crippen molar-refractivity contribution in [3.63, 3.8) is 0 Å². The van der Waals surface area contributed by atoms with Crippen molar-refractivity contribution in [1.29, 1.82) is 0 Å². The quantitative estimate of drug-likeness (QED) is 0.704. The molecule has 5 heteroatoms. The number of piperidine rings is 1. The minimum Gasteiger partial charge on any atom is -0.466 e. The largest absolute Gasteiger partial charge is 0.466 e.